The van der Waals surface area contributed by atoms with Crippen molar-refractivity contribution in [3.8, 4) is 0 Å². The molecule has 0 radical (unpaired) electrons. The van der Waals surface area contributed by atoms with Crippen LogP contribution in [0.1, 0.15) is 39.5 Å². The van der Waals surface area contributed by atoms with Gasteiger partial charge in [0.15, 0.2) is 5.60 Å². The summed E-state index contributed by atoms with van der Waals surface area (Å²) >= 11 is 0. The zero-order valence-electron chi connectivity index (χ0n) is 9.13. The summed E-state index contributed by atoms with van der Waals surface area (Å²) in [4.78, 5) is 11.8. The smallest absolute Gasteiger partial charge is 0.341 e. The van der Waals surface area contributed by atoms with E-state index in [2.05, 4.69) is 0 Å². The standard InChI is InChI=1S/C11H18O3/c1-8(2)11(9(12)13-3)10(14-11)6-4-5-7-10/h8H,4-7H2,1-3H3. The minimum absolute atomic E-state index is 0.172. The van der Waals surface area contributed by atoms with Gasteiger partial charge in [0.1, 0.15) is 5.60 Å². The molecule has 1 aliphatic heterocycles. The molecule has 0 bridgehead atoms. The highest BCUT2D eigenvalue weighted by atomic mass is 16.7. The normalized spacial score (nSPS) is 33.7. The van der Waals surface area contributed by atoms with Gasteiger partial charge in [0.25, 0.3) is 0 Å². The van der Waals surface area contributed by atoms with E-state index >= 15 is 0 Å². The van der Waals surface area contributed by atoms with E-state index in [4.69, 9.17) is 9.47 Å². The van der Waals surface area contributed by atoms with Crippen molar-refractivity contribution in [3.63, 3.8) is 0 Å². The quantitative estimate of drug-likeness (QED) is 0.502. The Kier molecular flexibility index (Phi) is 2.11. The first-order chi connectivity index (χ1) is 6.59. The van der Waals surface area contributed by atoms with Crippen LogP contribution in [0.4, 0.5) is 0 Å². The predicted molar refractivity (Wildman–Crippen MR) is 51.9 cm³/mol. The summed E-state index contributed by atoms with van der Waals surface area (Å²) in [5.41, 5.74) is -0.799. The van der Waals surface area contributed by atoms with Gasteiger partial charge in [0.05, 0.1) is 7.11 Å². The van der Waals surface area contributed by atoms with Crippen LogP contribution in [0, 0.1) is 5.92 Å². The fourth-order valence-corrected chi connectivity index (χ4v) is 2.96. The Balaban J connectivity index is 2.24. The van der Waals surface area contributed by atoms with Gasteiger partial charge in [-0.2, -0.15) is 0 Å². The number of epoxide rings is 1. The molecule has 80 valence electrons. The van der Waals surface area contributed by atoms with Crippen LogP contribution in [0.5, 0.6) is 0 Å². The lowest BCUT2D eigenvalue weighted by atomic mass is 9.82. The molecule has 0 aromatic rings. The van der Waals surface area contributed by atoms with Crippen molar-refractivity contribution < 1.29 is 14.3 Å². The Bertz CT molecular complexity index is 253. The van der Waals surface area contributed by atoms with Crippen molar-refractivity contribution in [2.45, 2.75) is 50.7 Å². The van der Waals surface area contributed by atoms with Crippen LogP contribution in [0.25, 0.3) is 0 Å². The lowest BCUT2D eigenvalue weighted by Crippen LogP contribution is -2.38. The summed E-state index contributed by atoms with van der Waals surface area (Å²) in [7, 11) is 1.44. The molecular formula is C11H18O3. The highest BCUT2D eigenvalue weighted by Gasteiger charge is 2.76. The summed E-state index contributed by atoms with van der Waals surface area (Å²) in [6.07, 6.45) is 4.37. The second-order valence-corrected chi connectivity index (χ2v) is 4.69. The monoisotopic (exact) mass is 198 g/mol. The molecular weight excluding hydrogens is 180 g/mol. The first kappa shape index (κ1) is 9.97. The van der Waals surface area contributed by atoms with Gasteiger partial charge in [0, 0.05) is 0 Å². The highest BCUT2D eigenvalue weighted by molar-refractivity contribution is 5.85. The average molecular weight is 198 g/mol. The molecule has 1 saturated heterocycles. The molecule has 0 amide bonds. The average Bonchev–Trinajstić information content (AvgIpc) is 2.55. The molecule has 1 unspecified atom stereocenters. The molecule has 1 atom stereocenters. The van der Waals surface area contributed by atoms with E-state index in [1.165, 1.54) is 20.0 Å². The van der Waals surface area contributed by atoms with E-state index in [9.17, 15) is 4.79 Å². The molecule has 0 aromatic heterocycles. The maximum absolute atomic E-state index is 11.8. The van der Waals surface area contributed by atoms with Gasteiger partial charge in [-0.3, -0.25) is 0 Å². The van der Waals surface area contributed by atoms with Crippen LogP contribution in [-0.2, 0) is 14.3 Å². The van der Waals surface area contributed by atoms with Gasteiger partial charge in [-0.1, -0.05) is 26.7 Å². The van der Waals surface area contributed by atoms with Crippen LogP contribution in [0.3, 0.4) is 0 Å². The van der Waals surface area contributed by atoms with Crippen molar-refractivity contribution in [1.29, 1.82) is 0 Å². The Labute approximate surface area is 84.8 Å². The lowest BCUT2D eigenvalue weighted by Gasteiger charge is -2.17. The second-order valence-electron chi connectivity index (χ2n) is 4.69. The third-order valence-electron chi connectivity index (χ3n) is 3.70. The molecule has 1 saturated carbocycles. The molecule has 2 rings (SSSR count). The number of rotatable bonds is 2. The Morgan fingerprint density at radius 3 is 2.36 bits per heavy atom. The van der Waals surface area contributed by atoms with Crippen molar-refractivity contribution in [1.82, 2.24) is 0 Å². The predicted octanol–water partition coefficient (Wildman–Crippen LogP) is 1.90. The Morgan fingerprint density at radius 1 is 1.36 bits per heavy atom. The summed E-state index contributed by atoms with van der Waals surface area (Å²) in [5.74, 6) is 0.0162. The molecule has 0 N–H and O–H groups in total. The summed E-state index contributed by atoms with van der Waals surface area (Å²) in [6.45, 7) is 4.06. The maximum Gasteiger partial charge on any atom is 0.341 e. The number of carbonyl (C=O) groups is 1. The molecule has 14 heavy (non-hydrogen) atoms. The van der Waals surface area contributed by atoms with Crippen LogP contribution in [-0.4, -0.2) is 24.3 Å². The summed E-state index contributed by atoms with van der Waals surface area (Å²) in [6, 6.07) is 0. The zero-order chi connectivity index (χ0) is 10.4. The number of esters is 1. The summed E-state index contributed by atoms with van der Waals surface area (Å²) < 4.78 is 10.7. The highest BCUT2D eigenvalue weighted by Crippen LogP contribution is 2.61. The van der Waals surface area contributed by atoms with E-state index in [0.717, 1.165) is 12.8 Å². The lowest BCUT2D eigenvalue weighted by molar-refractivity contribution is -0.148. The van der Waals surface area contributed by atoms with Crippen LogP contribution in [0.2, 0.25) is 0 Å². The molecule has 3 nitrogen and oxygen atoms in total. The van der Waals surface area contributed by atoms with Crippen LogP contribution < -0.4 is 0 Å². The topological polar surface area (TPSA) is 38.8 Å². The summed E-state index contributed by atoms with van der Waals surface area (Å²) in [5, 5.41) is 0. The molecule has 2 aliphatic rings. The fourth-order valence-electron chi connectivity index (χ4n) is 2.96. The Hall–Kier alpha value is -0.570. The number of methoxy groups -OCH3 is 1. The first-order valence-electron chi connectivity index (χ1n) is 5.38. The fraction of sp³-hybridized carbons (Fsp3) is 0.909. The second kappa shape index (κ2) is 2.96. The molecule has 0 aromatic carbocycles. The van der Waals surface area contributed by atoms with Gasteiger partial charge in [-0.05, 0) is 18.8 Å². The van der Waals surface area contributed by atoms with Gasteiger partial charge >= 0.3 is 5.97 Å². The van der Waals surface area contributed by atoms with Gasteiger partial charge in [0.2, 0.25) is 0 Å². The number of hydrogen-bond acceptors (Lipinski definition) is 3. The number of ether oxygens (including phenoxy) is 2. The van der Waals surface area contributed by atoms with Crippen molar-refractivity contribution in [3.05, 3.63) is 0 Å². The molecule has 1 heterocycles. The SMILES string of the molecule is COC(=O)C1(C(C)C)OC12CCCC2. The Morgan fingerprint density at radius 2 is 1.93 bits per heavy atom. The van der Waals surface area contributed by atoms with Crippen molar-refractivity contribution in [2.75, 3.05) is 7.11 Å². The zero-order valence-corrected chi connectivity index (χ0v) is 9.13. The molecule has 1 spiro atoms. The van der Waals surface area contributed by atoms with E-state index in [0.29, 0.717) is 0 Å². The van der Waals surface area contributed by atoms with Crippen LogP contribution in [0.15, 0.2) is 0 Å². The van der Waals surface area contributed by atoms with Gasteiger partial charge < -0.3 is 9.47 Å². The number of hydrogen-bond donors (Lipinski definition) is 0. The van der Waals surface area contributed by atoms with E-state index in [-0.39, 0.29) is 17.5 Å². The van der Waals surface area contributed by atoms with Crippen LogP contribution >= 0.6 is 0 Å². The first-order valence-corrected chi connectivity index (χ1v) is 5.38. The van der Waals surface area contributed by atoms with E-state index in [1.54, 1.807) is 0 Å². The van der Waals surface area contributed by atoms with E-state index in [1.807, 2.05) is 13.8 Å². The number of carbonyl (C=O) groups excluding carboxylic acids is 1. The van der Waals surface area contributed by atoms with E-state index < -0.39 is 5.60 Å². The third-order valence-corrected chi connectivity index (χ3v) is 3.70. The minimum Gasteiger partial charge on any atom is -0.467 e. The van der Waals surface area contributed by atoms with Gasteiger partial charge in [-0.15, -0.1) is 0 Å². The maximum atomic E-state index is 11.8. The largest absolute Gasteiger partial charge is 0.467 e. The van der Waals surface area contributed by atoms with Crippen molar-refractivity contribution in [2.24, 2.45) is 5.92 Å². The third kappa shape index (κ3) is 0.991. The molecule has 2 fully saturated rings. The molecule has 3 heteroatoms. The van der Waals surface area contributed by atoms with Gasteiger partial charge in [-0.25, -0.2) is 4.79 Å². The van der Waals surface area contributed by atoms with Crippen molar-refractivity contribution >= 4 is 5.97 Å². The minimum atomic E-state index is -0.627. The molecule has 1 aliphatic carbocycles.